The fraction of sp³-hybridized carbons (Fsp3) is 0.519. The number of benzene rings is 2. The second-order valence-corrected chi connectivity index (χ2v) is 9.93. The van der Waals surface area contributed by atoms with E-state index in [0.29, 0.717) is 29.9 Å². The van der Waals surface area contributed by atoms with Gasteiger partial charge in [-0.05, 0) is 75.9 Å². The molecule has 178 valence electrons. The van der Waals surface area contributed by atoms with E-state index in [1.807, 2.05) is 29.2 Å². The maximum absolute atomic E-state index is 13.4. The molecule has 2 heterocycles. The Balaban J connectivity index is 1.26. The highest BCUT2D eigenvalue weighted by Crippen LogP contribution is 2.26. The summed E-state index contributed by atoms with van der Waals surface area (Å²) < 4.78 is 19.2. The lowest BCUT2D eigenvalue weighted by molar-refractivity contribution is 0.0473. The smallest absolute Gasteiger partial charge is 0.253 e. The quantitative estimate of drug-likeness (QED) is 0.701. The van der Waals surface area contributed by atoms with E-state index >= 15 is 0 Å². The van der Waals surface area contributed by atoms with Crippen molar-refractivity contribution in [2.24, 2.45) is 5.92 Å². The lowest BCUT2D eigenvalue weighted by atomic mass is 9.94. The minimum absolute atomic E-state index is 0.0655. The van der Waals surface area contributed by atoms with Crippen molar-refractivity contribution < 1.29 is 19.0 Å². The Labute approximate surface area is 196 Å². The van der Waals surface area contributed by atoms with Gasteiger partial charge in [-0.3, -0.25) is 9.69 Å². The van der Waals surface area contributed by atoms with Gasteiger partial charge in [-0.15, -0.1) is 0 Å². The molecule has 2 saturated heterocycles. The Morgan fingerprint density at radius 2 is 1.82 bits per heavy atom. The summed E-state index contributed by atoms with van der Waals surface area (Å²) in [6, 6.07) is 14.1. The van der Waals surface area contributed by atoms with Gasteiger partial charge in [0.1, 0.15) is 11.6 Å². The van der Waals surface area contributed by atoms with Crippen LogP contribution in [0.15, 0.2) is 48.5 Å². The second-order valence-electron chi connectivity index (χ2n) is 9.93. The Bertz CT molecular complexity index is 933. The largest absolute Gasteiger partial charge is 0.493 e. The molecule has 2 aliphatic heterocycles. The fourth-order valence-corrected chi connectivity index (χ4v) is 4.97. The van der Waals surface area contributed by atoms with Gasteiger partial charge in [0.2, 0.25) is 0 Å². The molecule has 2 aromatic carbocycles. The van der Waals surface area contributed by atoms with Crippen molar-refractivity contribution in [3.8, 4) is 5.75 Å². The van der Waals surface area contributed by atoms with Crippen LogP contribution in [0.1, 0.15) is 55.5 Å². The summed E-state index contributed by atoms with van der Waals surface area (Å²) in [5.74, 6) is 0.827. The molecule has 0 aliphatic carbocycles. The van der Waals surface area contributed by atoms with Gasteiger partial charge in [0.05, 0.1) is 12.2 Å². The lowest BCUT2D eigenvalue weighted by Crippen LogP contribution is -2.50. The molecule has 2 fully saturated rings. The summed E-state index contributed by atoms with van der Waals surface area (Å²) in [5.41, 5.74) is 0.571. The highest BCUT2D eigenvalue weighted by molar-refractivity contribution is 5.94. The number of amides is 1. The number of aliphatic hydroxyl groups is 1. The molecule has 6 heteroatoms. The number of carbonyl (C=O) groups excluding carboxylic acids is 1. The number of hydrogen-bond acceptors (Lipinski definition) is 4. The average Bonchev–Trinajstić information content (AvgIpc) is 2.82. The third kappa shape index (κ3) is 6.12. The molecule has 5 nitrogen and oxygen atoms in total. The van der Waals surface area contributed by atoms with Crippen molar-refractivity contribution >= 4 is 5.91 Å². The first-order chi connectivity index (χ1) is 15.8. The van der Waals surface area contributed by atoms with Crippen molar-refractivity contribution in [1.29, 1.82) is 0 Å². The molecule has 0 radical (unpaired) electrons. The summed E-state index contributed by atoms with van der Waals surface area (Å²) in [6.45, 7) is 7.70. The second kappa shape index (κ2) is 10.2. The van der Waals surface area contributed by atoms with Gasteiger partial charge in [0, 0.05) is 43.2 Å². The number of nitrogens with zero attached hydrogens (tertiary/aromatic N) is 2. The number of piperidine rings is 2. The predicted molar refractivity (Wildman–Crippen MR) is 127 cm³/mol. The highest BCUT2D eigenvalue weighted by atomic mass is 19.1. The van der Waals surface area contributed by atoms with E-state index in [2.05, 4.69) is 4.90 Å². The topological polar surface area (TPSA) is 53.0 Å². The molecule has 33 heavy (non-hydrogen) atoms. The summed E-state index contributed by atoms with van der Waals surface area (Å²) in [5, 5.41) is 10.1. The van der Waals surface area contributed by atoms with Crippen LogP contribution in [0.3, 0.4) is 0 Å². The van der Waals surface area contributed by atoms with Crippen LogP contribution in [-0.4, -0.2) is 59.6 Å². The first kappa shape index (κ1) is 23.7. The molecule has 1 atom stereocenters. The van der Waals surface area contributed by atoms with Gasteiger partial charge in [-0.2, -0.15) is 0 Å². The standard InChI is InChI=1S/C27H35FN2O3/c1-27(2,32)22-10-8-21(9-11-22)26(31)29-15-12-24(13-16-29)30-14-4-5-20(18-30)19-33-25-7-3-6-23(28)17-25/h3,6-11,17,20,24,32H,4-5,12-16,18-19H2,1-2H3. The lowest BCUT2D eigenvalue weighted by Gasteiger charge is -2.42. The monoisotopic (exact) mass is 454 g/mol. The maximum atomic E-state index is 13.4. The molecular formula is C27H35FN2O3. The Kier molecular flexibility index (Phi) is 7.35. The van der Waals surface area contributed by atoms with E-state index in [9.17, 15) is 14.3 Å². The van der Waals surface area contributed by atoms with Gasteiger partial charge in [-0.25, -0.2) is 4.39 Å². The Morgan fingerprint density at radius 1 is 1.09 bits per heavy atom. The molecule has 1 N–H and O–H groups in total. The van der Waals surface area contributed by atoms with Crippen LogP contribution < -0.4 is 4.74 Å². The van der Waals surface area contributed by atoms with E-state index < -0.39 is 5.60 Å². The van der Waals surface area contributed by atoms with Gasteiger partial charge >= 0.3 is 0 Å². The van der Waals surface area contributed by atoms with Gasteiger partial charge in [0.15, 0.2) is 0 Å². The minimum Gasteiger partial charge on any atom is -0.493 e. The third-order valence-corrected chi connectivity index (χ3v) is 6.94. The zero-order chi connectivity index (χ0) is 23.4. The summed E-state index contributed by atoms with van der Waals surface area (Å²) in [6.07, 6.45) is 4.23. The molecule has 0 aromatic heterocycles. The number of ether oxygens (including phenoxy) is 1. The van der Waals surface area contributed by atoms with E-state index in [0.717, 1.165) is 57.4 Å². The zero-order valence-corrected chi connectivity index (χ0v) is 19.7. The SMILES string of the molecule is CC(C)(O)c1ccc(C(=O)N2CCC(N3CCCC(COc4cccc(F)c4)C3)CC2)cc1. The fourth-order valence-electron chi connectivity index (χ4n) is 4.97. The van der Waals surface area contributed by atoms with Gasteiger partial charge in [-0.1, -0.05) is 18.2 Å². The van der Waals surface area contributed by atoms with Crippen LogP contribution in [0, 0.1) is 11.7 Å². The summed E-state index contributed by atoms with van der Waals surface area (Å²) in [4.78, 5) is 17.5. The zero-order valence-electron chi connectivity index (χ0n) is 19.7. The van der Waals surface area contributed by atoms with Crippen LogP contribution in [0.4, 0.5) is 4.39 Å². The molecule has 0 spiro atoms. The van der Waals surface area contributed by atoms with Crippen LogP contribution >= 0.6 is 0 Å². The summed E-state index contributed by atoms with van der Waals surface area (Å²) in [7, 11) is 0. The van der Waals surface area contributed by atoms with Gasteiger partial charge < -0.3 is 14.7 Å². The van der Waals surface area contributed by atoms with Crippen LogP contribution in [0.2, 0.25) is 0 Å². The van der Waals surface area contributed by atoms with Crippen LogP contribution in [-0.2, 0) is 5.60 Å². The maximum Gasteiger partial charge on any atom is 0.253 e. The first-order valence-corrected chi connectivity index (χ1v) is 12.0. The van der Waals surface area contributed by atoms with Crippen LogP contribution in [0.25, 0.3) is 0 Å². The van der Waals surface area contributed by atoms with Crippen molar-refractivity contribution in [2.45, 2.75) is 51.2 Å². The molecule has 1 amide bonds. The minimum atomic E-state index is -0.908. The first-order valence-electron chi connectivity index (χ1n) is 12.0. The number of rotatable bonds is 6. The van der Waals surface area contributed by atoms with Crippen molar-refractivity contribution in [1.82, 2.24) is 9.80 Å². The predicted octanol–water partition coefficient (Wildman–Crippen LogP) is 4.45. The Hall–Kier alpha value is -2.44. The number of carbonyl (C=O) groups is 1. The molecular weight excluding hydrogens is 419 g/mol. The van der Waals surface area contributed by atoms with E-state index in [-0.39, 0.29) is 11.7 Å². The number of hydrogen-bond donors (Lipinski definition) is 1. The van der Waals surface area contributed by atoms with Gasteiger partial charge in [0.25, 0.3) is 5.91 Å². The number of halogens is 1. The molecule has 2 aliphatic rings. The molecule has 2 aromatic rings. The number of likely N-dealkylation sites (tertiary alicyclic amines) is 2. The molecule has 4 rings (SSSR count). The average molecular weight is 455 g/mol. The van der Waals surface area contributed by atoms with Crippen molar-refractivity contribution in [3.63, 3.8) is 0 Å². The van der Waals surface area contributed by atoms with E-state index in [4.69, 9.17) is 4.74 Å². The molecule has 0 saturated carbocycles. The summed E-state index contributed by atoms with van der Waals surface area (Å²) >= 11 is 0. The van der Waals surface area contributed by atoms with Crippen molar-refractivity contribution in [3.05, 3.63) is 65.5 Å². The van der Waals surface area contributed by atoms with E-state index in [1.54, 1.807) is 26.0 Å². The molecule has 0 bridgehead atoms. The van der Waals surface area contributed by atoms with Crippen LogP contribution in [0.5, 0.6) is 5.75 Å². The highest BCUT2D eigenvalue weighted by Gasteiger charge is 2.31. The molecule has 1 unspecified atom stereocenters. The third-order valence-electron chi connectivity index (χ3n) is 6.94. The Morgan fingerprint density at radius 3 is 2.48 bits per heavy atom. The normalized spacial score (nSPS) is 20.6. The van der Waals surface area contributed by atoms with Crippen molar-refractivity contribution in [2.75, 3.05) is 32.8 Å². The van der Waals surface area contributed by atoms with E-state index in [1.165, 1.54) is 12.1 Å².